The van der Waals surface area contributed by atoms with E-state index in [1.54, 1.807) is 12.1 Å². The largest absolute Gasteiger partial charge is 0.489 e. The molecule has 0 aromatic heterocycles. The molecule has 1 N–H and O–H groups in total. The first-order valence-corrected chi connectivity index (χ1v) is 10.8. The Bertz CT molecular complexity index is 1110. The minimum Gasteiger partial charge on any atom is -0.489 e. The molecule has 1 aliphatic heterocycles. The zero-order valence-corrected chi connectivity index (χ0v) is 18.7. The van der Waals surface area contributed by atoms with E-state index >= 15 is 0 Å². The van der Waals surface area contributed by atoms with E-state index in [1.165, 1.54) is 0 Å². The first-order valence-electron chi connectivity index (χ1n) is 10.4. The van der Waals surface area contributed by atoms with E-state index < -0.39 is 0 Å². The predicted octanol–water partition coefficient (Wildman–Crippen LogP) is 6.26. The molecule has 0 bridgehead atoms. The highest BCUT2D eigenvalue weighted by Crippen LogP contribution is 2.40. The topological polar surface area (TPSA) is 47.6 Å². The first kappa shape index (κ1) is 21.3. The van der Waals surface area contributed by atoms with Crippen LogP contribution in [0.15, 0.2) is 66.7 Å². The lowest BCUT2D eigenvalue weighted by atomic mass is 9.89. The van der Waals surface area contributed by atoms with Gasteiger partial charge < -0.3 is 14.8 Å². The van der Waals surface area contributed by atoms with Crippen molar-refractivity contribution >= 4 is 17.5 Å². The third-order valence-electron chi connectivity index (χ3n) is 5.38. The van der Waals surface area contributed by atoms with Gasteiger partial charge in [0.2, 0.25) is 0 Å². The molecule has 0 saturated heterocycles. The molecule has 4 nitrogen and oxygen atoms in total. The number of carbonyl (C=O) groups is 1. The van der Waals surface area contributed by atoms with E-state index in [4.69, 9.17) is 21.1 Å². The molecule has 1 heterocycles. The molecule has 160 valence electrons. The van der Waals surface area contributed by atoms with Gasteiger partial charge in [0.1, 0.15) is 23.7 Å². The van der Waals surface area contributed by atoms with Crippen LogP contribution in [0, 0.1) is 6.92 Å². The van der Waals surface area contributed by atoms with Crippen LogP contribution in [-0.4, -0.2) is 11.5 Å². The maximum Gasteiger partial charge on any atom is 0.251 e. The van der Waals surface area contributed by atoms with Crippen molar-refractivity contribution in [3.63, 3.8) is 0 Å². The molecule has 0 fully saturated rings. The molecule has 0 saturated carbocycles. The van der Waals surface area contributed by atoms with Gasteiger partial charge in [-0.3, -0.25) is 4.79 Å². The minimum absolute atomic E-state index is 0.125. The van der Waals surface area contributed by atoms with Gasteiger partial charge in [-0.05, 0) is 56.7 Å². The van der Waals surface area contributed by atoms with Gasteiger partial charge in [-0.15, -0.1) is 0 Å². The zero-order valence-electron chi connectivity index (χ0n) is 17.9. The lowest BCUT2D eigenvalue weighted by Crippen LogP contribution is -2.41. The van der Waals surface area contributed by atoms with Gasteiger partial charge in [0.05, 0.1) is 6.04 Å². The monoisotopic (exact) mass is 435 g/mol. The summed E-state index contributed by atoms with van der Waals surface area (Å²) in [5.41, 5.74) is 3.22. The Kier molecular flexibility index (Phi) is 5.92. The van der Waals surface area contributed by atoms with Gasteiger partial charge >= 0.3 is 0 Å². The first-order chi connectivity index (χ1) is 14.8. The molecule has 0 spiro atoms. The fourth-order valence-electron chi connectivity index (χ4n) is 3.83. The van der Waals surface area contributed by atoms with Crippen molar-refractivity contribution in [3.8, 4) is 11.5 Å². The zero-order chi connectivity index (χ0) is 22.0. The third-order valence-corrected chi connectivity index (χ3v) is 5.75. The van der Waals surface area contributed by atoms with Crippen LogP contribution in [0.4, 0.5) is 0 Å². The summed E-state index contributed by atoms with van der Waals surface area (Å²) >= 11 is 6.20. The molecule has 5 heteroatoms. The van der Waals surface area contributed by atoms with Crippen LogP contribution in [0.25, 0.3) is 0 Å². The van der Waals surface area contributed by atoms with E-state index in [9.17, 15) is 4.79 Å². The van der Waals surface area contributed by atoms with E-state index in [0.717, 1.165) is 22.4 Å². The number of halogens is 1. The summed E-state index contributed by atoms with van der Waals surface area (Å²) in [4.78, 5) is 13.1. The number of amides is 1. The number of fused-ring (bicyclic) bond motifs is 1. The molecule has 4 rings (SSSR count). The predicted molar refractivity (Wildman–Crippen MR) is 123 cm³/mol. The van der Waals surface area contributed by atoms with Crippen LogP contribution in [0.1, 0.15) is 53.4 Å². The third kappa shape index (κ3) is 5.02. The van der Waals surface area contributed by atoms with Gasteiger partial charge in [0, 0.05) is 28.1 Å². The molecule has 1 aliphatic rings. The summed E-state index contributed by atoms with van der Waals surface area (Å²) in [6.45, 7) is 6.46. The Hall–Kier alpha value is -2.98. The average molecular weight is 436 g/mol. The lowest BCUT2D eigenvalue weighted by Gasteiger charge is -2.38. The van der Waals surface area contributed by atoms with Crippen molar-refractivity contribution in [3.05, 3.63) is 94.0 Å². The van der Waals surface area contributed by atoms with E-state index in [0.29, 0.717) is 29.4 Å². The molecule has 1 amide bonds. The molecule has 1 atom stereocenters. The second kappa shape index (κ2) is 8.64. The summed E-state index contributed by atoms with van der Waals surface area (Å²) in [5, 5.41) is 3.84. The standard InChI is InChI=1S/C26H26ClNO3/c1-17-11-12-21-23(15-26(2,3)31-24(21)13-17)28-25(29)18-8-6-9-20(14-18)30-16-19-7-4-5-10-22(19)27/h4-14,23H,15-16H2,1-3H3,(H,28,29)/t23-/m1/s1. The fourth-order valence-corrected chi connectivity index (χ4v) is 4.02. The van der Waals surface area contributed by atoms with E-state index in [1.807, 2.05) is 75.4 Å². The summed E-state index contributed by atoms with van der Waals surface area (Å²) in [6.07, 6.45) is 0.692. The summed E-state index contributed by atoms with van der Waals surface area (Å²) in [7, 11) is 0. The Morgan fingerprint density at radius 1 is 1.13 bits per heavy atom. The second-order valence-electron chi connectivity index (χ2n) is 8.54. The second-order valence-corrected chi connectivity index (χ2v) is 8.95. The number of rotatable bonds is 5. The average Bonchev–Trinajstić information content (AvgIpc) is 2.72. The van der Waals surface area contributed by atoms with Crippen molar-refractivity contribution < 1.29 is 14.3 Å². The van der Waals surface area contributed by atoms with Gasteiger partial charge in [0.25, 0.3) is 5.91 Å². The van der Waals surface area contributed by atoms with Crippen molar-refractivity contribution in [2.24, 2.45) is 0 Å². The smallest absolute Gasteiger partial charge is 0.251 e. The van der Waals surface area contributed by atoms with E-state index in [2.05, 4.69) is 5.32 Å². The van der Waals surface area contributed by atoms with Gasteiger partial charge in [-0.25, -0.2) is 0 Å². The fraction of sp³-hybridized carbons (Fsp3) is 0.269. The normalized spacial score (nSPS) is 16.7. The van der Waals surface area contributed by atoms with Crippen LogP contribution < -0.4 is 14.8 Å². The van der Waals surface area contributed by atoms with Crippen LogP contribution >= 0.6 is 11.6 Å². The summed E-state index contributed by atoms with van der Waals surface area (Å²) < 4.78 is 12.0. The molecule has 0 radical (unpaired) electrons. The quantitative estimate of drug-likeness (QED) is 0.514. The molecule has 0 unspecified atom stereocenters. The molecule has 31 heavy (non-hydrogen) atoms. The highest BCUT2D eigenvalue weighted by Gasteiger charge is 2.34. The van der Waals surface area contributed by atoms with Crippen LogP contribution in [-0.2, 0) is 6.61 Å². The highest BCUT2D eigenvalue weighted by molar-refractivity contribution is 6.31. The minimum atomic E-state index is -0.362. The number of nitrogens with one attached hydrogen (secondary N) is 1. The maximum atomic E-state index is 13.1. The van der Waals surface area contributed by atoms with Crippen molar-refractivity contribution in [1.82, 2.24) is 5.32 Å². The number of aryl methyl sites for hydroxylation is 1. The number of hydrogen-bond acceptors (Lipinski definition) is 3. The van der Waals surface area contributed by atoms with Gasteiger partial charge in [-0.1, -0.05) is 48.0 Å². The Labute approximate surface area is 188 Å². The molecule has 3 aromatic rings. The molecule has 0 aliphatic carbocycles. The lowest BCUT2D eigenvalue weighted by molar-refractivity contribution is 0.0619. The molecular formula is C26H26ClNO3. The van der Waals surface area contributed by atoms with E-state index in [-0.39, 0.29) is 17.6 Å². The SMILES string of the molecule is Cc1ccc2c(c1)OC(C)(C)C[C@H]2NC(=O)c1cccc(OCc2ccccc2Cl)c1. The van der Waals surface area contributed by atoms with Crippen LogP contribution in [0.2, 0.25) is 5.02 Å². The number of ether oxygens (including phenoxy) is 2. The number of benzene rings is 3. The van der Waals surface area contributed by atoms with Gasteiger partial charge in [0.15, 0.2) is 0 Å². The molecule has 3 aromatic carbocycles. The summed E-state index contributed by atoms with van der Waals surface area (Å²) in [5.74, 6) is 1.31. The van der Waals surface area contributed by atoms with Crippen molar-refractivity contribution in [1.29, 1.82) is 0 Å². The summed E-state index contributed by atoms with van der Waals surface area (Å²) in [6, 6.07) is 20.7. The van der Waals surface area contributed by atoms with Gasteiger partial charge in [-0.2, -0.15) is 0 Å². The Morgan fingerprint density at radius 3 is 2.74 bits per heavy atom. The van der Waals surface area contributed by atoms with Crippen LogP contribution in [0.5, 0.6) is 11.5 Å². The number of hydrogen-bond donors (Lipinski definition) is 1. The maximum absolute atomic E-state index is 13.1. The Morgan fingerprint density at radius 2 is 1.94 bits per heavy atom. The number of carbonyl (C=O) groups excluding carboxylic acids is 1. The molecular weight excluding hydrogens is 410 g/mol. The Balaban J connectivity index is 1.49. The highest BCUT2D eigenvalue weighted by atomic mass is 35.5. The van der Waals surface area contributed by atoms with Crippen molar-refractivity contribution in [2.75, 3.05) is 0 Å². The van der Waals surface area contributed by atoms with Crippen LogP contribution in [0.3, 0.4) is 0 Å². The van der Waals surface area contributed by atoms with Crippen molar-refractivity contribution in [2.45, 2.75) is 45.4 Å².